The maximum atomic E-state index is 13.3. The van der Waals surface area contributed by atoms with Crippen molar-refractivity contribution in [3.8, 4) is 0 Å². The molecule has 0 aromatic heterocycles. The Morgan fingerprint density at radius 2 is 1.76 bits per heavy atom. The van der Waals surface area contributed by atoms with Crippen LogP contribution in [0.4, 0.5) is 23.7 Å². The van der Waals surface area contributed by atoms with Crippen LogP contribution in [-0.2, 0) is 9.53 Å². The van der Waals surface area contributed by atoms with Gasteiger partial charge in [-0.05, 0) is 34.1 Å². The predicted octanol–water partition coefficient (Wildman–Crippen LogP) is 3.69. The molecule has 1 N–H and O–H groups in total. The van der Waals surface area contributed by atoms with Crippen LogP contribution in [-0.4, -0.2) is 35.6 Å². The molecule has 1 aliphatic rings. The van der Waals surface area contributed by atoms with Crippen LogP contribution < -0.4 is 5.32 Å². The molecule has 1 atom stereocenters. The lowest BCUT2D eigenvalue weighted by Crippen LogP contribution is -2.40. The van der Waals surface area contributed by atoms with E-state index < -0.39 is 40.5 Å². The Morgan fingerprint density at radius 1 is 1.20 bits per heavy atom. The van der Waals surface area contributed by atoms with E-state index in [4.69, 9.17) is 4.74 Å². The van der Waals surface area contributed by atoms with Crippen molar-refractivity contribution < 1.29 is 27.5 Å². The van der Waals surface area contributed by atoms with Gasteiger partial charge in [0.15, 0.2) is 17.5 Å². The van der Waals surface area contributed by atoms with Crippen LogP contribution in [0.3, 0.4) is 0 Å². The number of ether oxygens (including phenoxy) is 1. The van der Waals surface area contributed by atoms with Crippen molar-refractivity contribution in [2.45, 2.75) is 39.7 Å². The minimum absolute atomic E-state index is 0.111. The van der Waals surface area contributed by atoms with Gasteiger partial charge in [0.05, 0.1) is 5.41 Å². The van der Waals surface area contributed by atoms with Gasteiger partial charge in [-0.15, -0.1) is 0 Å². The van der Waals surface area contributed by atoms with Crippen LogP contribution in [0.1, 0.15) is 34.1 Å². The van der Waals surface area contributed by atoms with Crippen LogP contribution in [0, 0.1) is 22.9 Å². The quantitative estimate of drug-likeness (QED) is 0.821. The van der Waals surface area contributed by atoms with Crippen LogP contribution >= 0.6 is 0 Å². The Hall–Kier alpha value is -2.25. The summed E-state index contributed by atoms with van der Waals surface area (Å²) in [5, 5.41) is 2.38. The highest BCUT2D eigenvalue weighted by molar-refractivity contribution is 5.95. The van der Waals surface area contributed by atoms with Crippen molar-refractivity contribution in [1.29, 1.82) is 0 Å². The third-order valence-electron chi connectivity index (χ3n) is 3.91. The average molecular weight is 358 g/mol. The summed E-state index contributed by atoms with van der Waals surface area (Å²) < 4.78 is 44.8. The molecule has 1 fully saturated rings. The molecule has 1 heterocycles. The maximum absolute atomic E-state index is 13.3. The number of anilines is 1. The van der Waals surface area contributed by atoms with E-state index in [-0.39, 0.29) is 12.2 Å². The zero-order chi connectivity index (χ0) is 19.0. The number of rotatable bonds is 2. The molecule has 1 aromatic rings. The molecule has 5 nitrogen and oxygen atoms in total. The summed E-state index contributed by atoms with van der Waals surface area (Å²) in [6.45, 7) is 7.30. The molecular formula is C17H21F3N2O3. The van der Waals surface area contributed by atoms with Gasteiger partial charge in [-0.1, -0.05) is 0 Å². The molecule has 0 saturated carbocycles. The number of amides is 2. The summed E-state index contributed by atoms with van der Waals surface area (Å²) in [6, 6.07) is 1.42. The maximum Gasteiger partial charge on any atom is 0.410 e. The normalized spacial score (nSPS) is 20.5. The van der Waals surface area contributed by atoms with E-state index in [1.807, 2.05) is 0 Å². The van der Waals surface area contributed by atoms with E-state index in [0.717, 1.165) is 0 Å². The van der Waals surface area contributed by atoms with Gasteiger partial charge in [0, 0.05) is 30.9 Å². The SMILES string of the molecule is CC(C)(C)OC(=O)N1CC[C@](C)(C(=O)Nc2cc(F)c(F)c(F)c2)C1. The van der Waals surface area contributed by atoms with Gasteiger partial charge < -0.3 is 15.0 Å². The molecule has 25 heavy (non-hydrogen) atoms. The number of carbonyl (C=O) groups is 2. The third-order valence-corrected chi connectivity index (χ3v) is 3.91. The van der Waals surface area contributed by atoms with E-state index in [9.17, 15) is 22.8 Å². The Labute approximate surface area is 144 Å². The number of likely N-dealkylation sites (tertiary alicyclic amines) is 1. The predicted molar refractivity (Wildman–Crippen MR) is 85.5 cm³/mol. The molecule has 0 spiro atoms. The van der Waals surface area contributed by atoms with Gasteiger partial charge in [0.1, 0.15) is 5.60 Å². The number of carbonyl (C=O) groups excluding carboxylic acids is 2. The molecule has 1 saturated heterocycles. The highest BCUT2D eigenvalue weighted by Crippen LogP contribution is 2.32. The fourth-order valence-electron chi connectivity index (χ4n) is 2.54. The van der Waals surface area contributed by atoms with Gasteiger partial charge in [-0.2, -0.15) is 0 Å². The minimum Gasteiger partial charge on any atom is -0.444 e. The van der Waals surface area contributed by atoms with Crippen molar-refractivity contribution in [2.24, 2.45) is 5.41 Å². The Kier molecular flexibility index (Phi) is 5.02. The number of benzene rings is 1. The first-order chi connectivity index (χ1) is 11.4. The summed E-state index contributed by atoms with van der Waals surface area (Å²) in [4.78, 5) is 26.0. The molecule has 2 amide bonds. The van der Waals surface area contributed by atoms with Crippen LogP contribution in [0.2, 0.25) is 0 Å². The molecule has 0 radical (unpaired) electrons. The fourth-order valence-corrected chi connectivity index (χ4v) is 2.54. The number of nitrogens with one attached hydrogen (secondary N) is 1. The summed E-state index contributed by atoms with van der Waals surface area (Å²) in [7, 11) is 0. The van der Waals surface area contributed by atoms with Crippen molar-refractivity contribution in [3.05, 3.63) is 29.6 Å². The van der Waals surface area contributed by atoms with Gasteiger partial charge in [0.25, 0.3) is 0 Å². The van der Waals surface area contributed by atoms with E-state index in [2.05, 4.69) is 5.32 Å². The molecule has 1 aromatic carbocycles. The largest absolute Gasteiger partial charge is 0.444 e. The van der Waals surface area contributed by atoms with Crippen molar-refractivity contribution in [3.63, 3.8) is 0 Å². The minimum atomic E-state index is -1.60. The first-order valence-electron chi connectivity index (χ1n) is 7.85. The molecular weight excluding hydrogens is 337 g/mol. The van der Waals surface area contributed by atoms with E-state index in [1.54, 1.807) is 27.7 Å². The summed E-state index contributed by atoms with van der Waals surface area (Å²) >= 11 is 0. The van der Waals surface area contributed by atoms with Gasteiger partial charge in [-0.25, -0.2) is 18.0 Å². The van der Waals surface area contributed by atoms with Crippen molar-refractivity contribution in [1.82, 2.24) is 4.90 Å². The van der Waals surface area contributed by atoms with Crippen LogP contribution in [0.25, 0.3) is 0 Å². The Balaban J connectivity index is 2.06. The van der Waals surface area contributed by atoms with Gasteiger partial charge in [-0.3, -0.25) is 4.79 Å². The number of nitrogens with zero attached hydrogens (tertiary/aromatic N) is 1. The van der Waals surface area contributed by atoms with Gasteiger partial charge >= 0.3 is 6.09 Å². The molecule has 0 aliphatic carbocycles. The lowest BCUT2D eigenvalue weighted by Gasteiger charge is -2.26. The van der Waals surface area contributed by atoms with E-state index in [0.29, 0.717) is 25.1 Å². The highest BCUT2D eigenvalue weighted by Gasteiger charge is 2.43. The fraction of sp³-hybridized carbons (Fsp3) is 0.529. The lowest BCUT2D eigenvalue weighted by molar-refractivity contribution is -0.124. The summed E-state index contributed by atoms with van der Waals surface area (Å²) in [5.74, 6) is -4.88. The number of hydrogen-bond acceptors (Lipinski definition) is 3. The smallest absolute Gasteiger partial charge is 0.410 e. The zero-order valence-corrected chi connectivity index (χ0v) is 14.6. The van der Waals surface area contributed by atoms with Crippen LogP contribution in [0.15, 0.2) is 12.1 Å². The lowest BCUT2D eigenvalue weighted by atomic mass is 9.88. The first-order valence-corrected chi connectivity index (χ1v) is 7.85. The van der Waals surface area contributed by atoms with Gasteiger partial charge in [0.2, 0.25) is 5.91 Å². The van der Waals surface area contributed by atoms with Crippen molar-refractivity contribution in [2.75, 3.05) is 18.4 Å². The monoisotopic (exact) mass is 358 g/mol. The number of halogens is 3. The molecule has 2 rings (SSSR count). The first kappa shape index (κ1) is 19.1. The second kappa shape index (κ2) is 6.57. The van der Waals surface area contributed by atoms with E-state index in [1.165, 1.54) is 4.90 Å². The molecule has 1 aliphatic heterocycles. The summed E-state index contributed by atoms with van der Waals surface area (Å²) in [5.41, 5.74) is -1.78. The van der Waals surface area contributed by atoms with E-state index >= 15 is 0 Å². The standard InChI is InChI=1S/C17H21F3N2O3/c1-16(2,3)25-15(24)22-6-5-17(4,9-22)14(23)21-10-7-11(18)13(20)12(19)8-10/h7-8H,5-6,9H2,1-4H3,(H,21,23)/t17-/m0/s1. The molecule has 0 unspecified atom stereocenters. The average Bonchev–Trinajstić information content (AvgIpc) is 2.87. The third kappa shape index (κ3) is 4.43. The highest BCUT2D eigenvalue weighted by atomic mass is 19.2. The number of hydrogen-bond donors (Lipinski definition) is 1. The Morgan fingerprint density at radius 3 is 2.28 bits per heavy atom. The summed E-state index contributed by atoms with van der Waals surface area (Å²) in [6.07, 6.45) is -0.160. The zero-order valence-electron chi connectivity index (χ0n) is 14.6. The second-order valence-corrected chi connectivity index (χ2v) is 7.42. The second-order valence-electron chi connectivity index (χ2n) is 7.42. The van der Waals surface area contributed by atoms with Crippen LogP contribution in [0.5, 0.6) is 0 Å². The molecule has 8 heteroatoms. The topological polar surface area (TPSA) is 58.6 Å². The molecule has 138 valence electrons. The Bertz CT molecular complexity index is 680. The molecule has 0 bridgehead atoms. The van der Waals surface area contributed by atoms with Crippen molar-refractivity contribution >= 4 is 17.7 Å².